The molecule has 2 aromatic rings. The van der Waals surface area contributed by atoms with Crippen LogP contribution < -0.4 is 19.1 Å². The fraction of sp³-hybridized carbons (Fsp3) is 0.389. The lowest BCUT2D eigenvalue weighted by Crippen LogP contribution is -2.49. The second-order valence-electron chi connectivity index (χ2n) is 5.73. The molecule has 1 amide bonds. The minimum atomic E-state index is -0.0278. The zero-order valence-electron chi connectivity index (χ0n) is 15.1. The Balaban J connectivity index is 1.70. The highest BCUT2D eigenvalue weighted by molar-refractivity contribution is 5.97. The third kappa shape index (κ3) is 3.63. The van der Waals surface area contributed by atoms with Crippen LogP contribution in [0.15, 0.2) is 30.3 Å². The summed E-state index contributed by atoms with van der Waals surface area (Å²) in [4.78, 5) is 25.2. The molecule has 1 aromatic heterocycles. The largest absolute Gasteiger partial charge is 0.496 e. The summed E-state index contributed by atoms with van der Waals surface area (Å²) in [5.74, 6) is 1.72. The highest BCUT2D eigenvalue weighted by Crippen LogP contribution is 2.24. The Labute approximate surface area is 152 Å². The van der Waals surface area contributed by atoms with Crippen molar-refractivity contribution in [2.75, 3.05) is 52.4 Å². The van der Waals surface area contributed by atoms with Crippen molar-refractivity contribution in [3.05, 3.63) is 35.9 Å². The zero-order valence-corrected chi connectivity index (χ0v) is 15.1. The lowest BCUT2D eigenvalue weighted by Gasteiger charge is -2.35. The molecule has 2 heterocycles. The van der Waals surface area contributed by atoms with Gasteiger partial charge in [-0.1, -0.05) is 12.1 Å². The third-order valence-corrected chi connectivity index (χ3v) is 4.29. The first-order valence-electron chi connectivity index (χ1n) is 8.30. The Kier molecular flexibility index (Phi) is 5.40. The minimum Gasteiger partial charge on any atom is -0.496 e. The predicted octanol–water partition coefficient (Wildman–Crippen LogP) is 1.46. The molecule has 0 spiro atoms. The fourth-order valence-corrected chi connectivity index (χ4v) is 2.88. The molecule has 0 atom stereocenters. The molecular weight excluding hydrogens is 336 g/mol. The van der Waals surface area contributed by atoms with Crippen LogP contribution in [0.3, 0.4) is 0 Å². The van der Waals surface area contributed by atoms with Gasteiger partial charge in [-0.15, -0.1) is 0 Å². The van der Waals surface area contributed by atoms with Gasteiger partial charge in [0.15, 0.2) is 0 Å². The van der Waals surface area contributed by atoms with Gasteiger partial charge in [0.2, 0.25) is 5.88 Å². The second kappa shape index (κ2) is 7.90. The van der Waals surface area contributed by atoms with E-state index in [0.29, 0.717) is 43.4 Å². The molecule has 0 unspecified atom stereocenters. The third-order valence-electron chi connectivity index (χ3n) is 4.29. The van der Waals surface area contributed by atoms with E-state index in [4.69, 9.17) is 14.2 Å². The molecule has 1 fully saturated rings. The number of rotatable bonds is 5. The molecule has 0 aliphatic carbocycles. The highest BCUT2D eigenvalue weighted by Gasteiger charge is 2.25. The van der Waals surface area contributed by atoms with Crippen molar-refractivity contribution < 1.29 is 19.0 Å². The Hall–Kier alpha value is -3.03. The van der Waals surface area contributed by atoms with E-state index >= 15 is 0 Å². The fourth-order valence-electron chi connectivity index (χ4n) is 2.88. The molecule has 3 rings (SSSR count). The molecule has 26 heavy (non-hydrogen) atoms. The molecule has 0 N–H and O–H groups in total. The minimum absolute atomic E-state index is 0.0278. The standard InChI is InChI=1S/C18H22N4O4/c1-24-14-7-5-4-6-13(14)17(23)22-10-8-21(9-11-22)15-12-16(25-2)20-18(19-15)26-3/h4-7,12H,8-11H2,1-3H3. The molecule has 0 bridgehead atoms. The molecule has 0 saturated carbocycles. The Morgan fingerprint density at radius 2 is 1.69 bits per heavy atom. The molecule has 1 aliphatic heterocycles. The summed E-state index contributed by atoms with van der Waals surface area (Å²) in [5, 5.41) is 0. The van der Waals surface area contributed by atoms with Gasteiger partial charge < -0.3 is 24.0 Å². The van der Waals surface area contributed by atoms with Crippen LogP contribution >= 0.6 is 0 Å². The van der Waals surface area contributed by atoms with Crippen LogP contribution in [0.4, 0.5) is 5.82 Å². The Morgan fingerprint density at radius 3 is 2.35 bits per heavy atom. The first-order chi connectivity index (χ1) is 12.7. The van der Waals surface area contributed by atoms with E-state index in [1.807, 2.05) is 17.0 Å². The normalized spacial score (nSPS) is 14.1. The van der Waals surface area contributed by atoms with Gasteiger partial charge in [0.25, 0.3) is 5.91 Å². The number of carbonyl (C=O) groups is 1. The van der Waals surface area contributed by atoms with Gasteiger partial charge in [0.1, 0.15) is 11.6 Å². The summed E-state index contributed by atoms with van der Waals surface area (Å²) in [6, 6.07) is 9.29. The van der Waals surface area contributed by atoms with Crippen molar-refractivity contribution >= 4 is 11.7 Å². The maximum absolute atomic E-state index is 12.8. The number of amides is 1. The zero-order chi connectivity index (χ0) is 18.5. The van der Waals surface area contributed by atoms with Gasteiger partial charge in [-0.25, -0.2) is 0 Å². The number of ether oxygens (including phenoxy) is 3. The van der Waals surface area contributed by atoms with E-state index in [2.05, 4.69) is 14.9 Å². The van der Waals surface area contributed by atoms with E-state index < -0.39 is 0 Å². The number of para-hydroxylation sites is 1. The van der Waals surface area contributed by atoms with E-state index in [-0.39, 0.29) is 11.9 Å². The number of anilines is 1. The van der Waals surface area contributed by atoms with Crippen LogP contribution in [0.2, 0.25) is 0 Å². The van der Waals surface area contributed by atoms with Gasteiger partial charge in [-0.05, 0) is 12.1 Å². The summed E-state index contributed by atoms with van der Waals surface area (Å²) >= 11 is 0. The van der Waals surface area contributed by atoms with Crippen LogP contribution in [0.25, 0.3) is 0 Å². The van der Waals surface area contributed by atoms with Crippen molar-refractivity contribution in [2.24, 2.45) is 0 Å². The maximum atomic E-state index is 12.8. The van der Waals surface area contributed by atoms with Crippen molar-refractivity contribution in [1.29, 1.82) is 0 Å². The maximum Gasteiger partial charge on any atom is 0.321 e. The number of piperazine rings is 1. The highest BCUT2D eigenvalue weighted by atomic mass is 16.5. The first-order valence-corrected chi connectivity index (χ1v) is 8.30. The predicted molar refractivity (Wildman–Crippen MR) is 96.2 cm³/mol. The lowest BCUT2D eigenvalue weighted by molar-refractivity contribution is 0.0743. The average Bonchev–Trinajstić information content (AvgIpc) is 2.72. The summed E-state index contributed by atoms with van der Waals surface area (Å²) in [7, 11) is 4.64. The van der Waals surface area contributed by atoms with E-state index in [9.17, 15) is 4.79 Å². The topological polar surface area (TPSA) is 77.0 Å². The van der Waals surface area contributed by atoms with Crippen molar-refractivity contribution in [3.8, 4) is 17.6 Å². The van der Waals surface area contributed by atoms with E-state index in [0.717, 1.165) is 5.82 Å². The number of aromatic nitrogens is 2. The quantitative estimate of drug-likeness (QED) is 0.801. The average molecular weight is 358 g/mol. The molecule has 1 aromatic carbocycles. The van der Waals surface area contributed by atoms with Crippen LogP contribution in [0.5, 0.6) is 17.6 Å². The van der Waals surface area contributed by atoms with Gasteiger partial charge >= 0.3 is 6.01 Å². The summed E-state index contributed by atoms with van der Waals surface area (Å²) in [6.07, 6.45) is 0. The molecule has 1 saturated heterocycles. The number of benzene rings is 1. The molecule has 0 radical (unpaired) electrons. The number of hydrogen-bond acceptors (Lipinski definition) is 7. The lowest BCUT2D eigenvalue weighted by atomic mass is 10.1. The summed E-state index contributed by atoms with van der Waals surface area (Å²) in [6.45, 7) is 2.49. The summed E-state index contributed by atoms with van der Waals surface area (Å²) < 4.78 is 15.6. The van der Waals surface area contributed by atoms with Gasteiger partial charge in [0.05, 0.1) is 26.9 Å². The van der Waals surface area contributed by atoms with Crippen LogP contribution in [-0.2, 0) is 0 Å². The number of nitrogens with zero attached hydrogens (tertiary/aromatic N) is 4. The Bertz CT molecular complexity index is 753. The molecular formula is C18H22N4O4. The van der Waals surface area contributed by atoms with E-state index in [1.54, 1.807) is 32.4 Å². The van der Waals surface area contributed by atoms with E-state index in [1.165, 1.54) is 7.11 Å². The molecule has 1 aliphatic rings. The van der Waals surface area contributed by atoms with Crippen LogP contribution in [0, 0.1) is 0 Å². The van der Waals surface area contributed by atoms with Crippen LogP contribution in [-0.4, -0.2) is 68.3 Å². The monoisotopic (exact) mass is 358 g/mol. The second-order valence-corrected chi connectivity index (χ2v) is 5.73. The molecule has 8 heteroatoms. The smallest absolute Gasteiger partial charge is 0.321 e. The molecule has 8 nitrogen and oxygen atoms in total. The van der Waals surface area contributed by atoms with Crippen molar-refractivity contribution in [1.82, 2.24) is 14.9 Å². The number of methoxy groups -OCH3 is 3. The van der Waals surface area contributed by atoms with Crippen molar-refractivity contribution in [3.63, 3.8) is 0 Å². The van der Waals surface area contributed by atoms with Gasteiger partial charge in [-0.2, -0.15) is 9.97 Å². The number of carbonyl (C=O) groups excluding carboxylic acids is 1. The SMILES string of the molecule is COc1cc(N2CCN(C(=O)c3ccccc3OC)CC2)nc(OC)n1. The van der Waals surface area contributed by atoms with Crippen LogP contribution in [0.1, 0.15) is 10.4 Å². The first kappa shape index (κ1) is 17.8. The number of hydrogen-bond donors (Lipinski definition) is 0. The Morgan fingerprint density at radius 1 is 0.962 bits per heavy atom. The van der Waals surface area contributed by atoms with Gasteiger partial charge in [-0.3, -0.25) is 4.79 Å². The molecule has 138 valence electrons. The van der Waals surface area contributed by atoms with Gasteiger partial charge in [0, 0.05) is 32.2 Å². The van der Waals surface area contributed by atoms with Crippen molar-refractivity contribution in [2.45, 2.75) is 0 Å². The summed E-state index contributed by atoms with van der Waals surface area (Å²) in [5.41, 5.74) is 0.578.